The molecular formula is C30H48O3S. The van der Waals surface area contributed by atoms with Crippen LogP contribution in [0.1, 0.15) is 128 Å². The van der Waals surface area contributed by atoms with E-state index >= 15 is 0 Å². The van der Waals surface area contributed by atoms with E-state index in [2.05, 4.69) is 19.9 Å². The Labute approximate surface area is 209 Å². The molecule has 0 amide bonds. The Kier molecular flexibility index (Phi) is 13.8. The molecule has 0 aliphatic rings. The quantitative estimate of drug-likeness (QED) is 0.158. The van der Waals surface area contributed by atoms with Crippen molar-refractivity contribution in [1.82, 2.24) is 0 Å². The van der Waals surface area contributed by atoms with Crippen molar-refractivity contribution in [1.29, 1.82) is 0 Å². The second-order valence-corrected chi connectivity index (χ2v) is 11.4. The fourth-order valence-electron chi connectivity index (χ4n) is 5.02. The van der Waals surface area contributed by atoms with Gasteiger partial charge in [0.15, 0.2) is 0 Å². The van der Waals surface area contributed by atoms with Crippen LogP contribution in [0.3, 0.4) is 0 Å². The Morgan fingerprint density at radius 1 is 0.618 bits per heavy atom. The van der Waals surface area contributed by atoms with Crippen molar-refractivity contribution in [3.8, 4) is 0 Å². The van der Waals surface area contributed by atoms with Gasteiger partial charge in [0.2, 0.25) is 0 Å². The van der Waals surface area contributed by atoms with Crippen LogP contribution in [-0.2, 0) is 23.0 Å². The molecule has 0 saturated heterocycles. The van der Waals surface area contributed by atoms with Crippen LogP contribution in [0.2, 0.25) is 0 Å². The maximum absolute atomic E-state index is 11.9. The molecule has 0 aromatic heterocycles. The third kappa shape index (κ3) is 10.5. The molecule has 0 atom stereocenters. The normalized spacial score (nSPS) is 12.0. The van der Waals surface area contributed by atoms with Gasteiger partial charge in [-0.1, -0.05) is 122 Å². The fourth-order valence-corrected chi connectivity index (χ4v) is 5.59. The van der Waals surface area contributed by atoms with E-state index in [9.17, 15) is 13.0 Å². The van der Waals surface area contributed by atoms with E-state index in [0.29, 0.717) is 0 Å². The van der Waals surface area contributed by atoms with Crippen molar-refractivity contribution in [3.63, 3.8) is 0 Å². The van der Waals surface area contributed by atoms with Gasteiger partial charge in [0.1, 0.15) is 0 Å². The zero-order valence-corrected chi connectivity index (χ0v) is 22.6. The molecule has 0 aliphatic carbocycles. The first-order valence-electron chi connectivity index (χ1n) is 14.0. The minimum Gasteiger partial charge on any atom is -0.282 e. The first-order valence-corrected chi connectivity index (χ1v) is 15.4. The van der Waals surface area contributed by atoms with Gasteiger partial charge in [0.25, 0.3) is 10.1 Å². The SMILES string of the molecule is CCCCCCCCCCc1cccc2cc(S(=O)(=O)O)cc(CCCCCCCCCC)c12. The summed E-state index contributed by atoms with van der Waals surface area (Å²) in [5.74, 6) is 0. The maximum atomic E-state index is 11.9. The smallest absolute Gasteiger partial charge is 0.282 e. The molecule has 192 valence electrons. The van der Waals surface area contributed by atoms with Crippen molar-refractivity contribution in [2.75, 3.05) is 0 Å². The summed E-state index contributed by atoms with van der Waals surface area (Å²) in [5.41, 5.74) is 2.39. The van der Waals surface area contributed by atoms with Gasteiger partial charge in [-0.15, -0.1) is 0 Å². The van der Waals surface area contributed by atoms with E-state index in [1.807, 2.05) is 12.1 Å². The lowest BCUT2D eigenvalue weighted by molar-refractivity contribution is 0.483. The van der Waals surface area contributed by atoms with Gasteiger partial charge >= 0.3 is 0 Å². The summed E-state index contributed by atoms with van der Waals surface area (Å²) < 4.78 is 33.5. The Balaban J connectivity index is 2.02. The first kappa shape index (κ1) is 28.8. The van der Waals surface area contributed by atoms with Crippen molar-refractivity contribution in [2.24, 2.45) is 0 Å². The molecule has 0 bridgehead atoms. The van der Waals surface area contributed by atoms with Crippen molar-refractivity contribution in [2.45, 2.75) is 134 Å². The van der Waals surface area contributed by atoms with E-state index in [4.69, 9.17) is 0 Å². The average molecular weight is 489 g/mol. The number of hydrogen-bond acceptors (Lipinski definition) is 2. The van der Waals surface area contributed by atoms with Gasteiger partial charge in [0, 0.05) is 0 Å². The maximum Gasteiger partial charge on any atom is 0.294 e. The van der Waals surface area contributed by atoms with Gasteiger partial charge < -0.3 is 0 Å². The second-order valence-electron chi connectivity index (χ2n) is 10.0. The predicted octanol–water partition coefficient (Wildman–Crippen LogP) is 9.45. The van der Waals surface area contributed by atoms with E-state index in [1.165, 1.54) is 107 Å². The number of benzene rings is 2. The number of rotatable bonds is 19. The molecule has 0 radical (unpaired) electrons. The molecule has 1 N–H and O–H groups in total. The van der Waals surface area contributed by atoms with E-state index in [0.717, 1.165) is 30.2 Å². The molecule has 0 spiro atoms. The summed E-state index contributed by atoms with van der Waals surface area (Å²) in [6, 6.07) is 9.57. The third-order valence-electron chi connectivity index (χ3n) is 7.02. The van der Waals surface area contributed by atoms with Crippen LogP contribution in [0.5, 0.6) is 0 Å². The molecule has 4 heteroatoms. The molecule has 3 nitrogen and oxygen atoms in total. The molecule has 0 unspecified atom stereocenters. The van der Waals surface area contributed by atoms with E-state index in [1.54, 1.807) is 12.1 Å². The lowest BCUT2D eigenvalue weighted by atomic mass is 9.93. The summed E-state index contributed by atoms with van der Waals surface area (Å²) in [4.78, 5) is 0.0267. The molecule has 34 heavy (non-hydrogen) atoms. The third-order valence-corrected chi connectivity index (χ3v) is 7.85. The van der Waals surface area contributed by atoms with Gasteiger partial charge in [-0.25, -0.2) is 0 Å². The van der Waals surface area contributed by atoms with Crippen LogP contribution in [-0.4, -0.2) is 13.0 Å². The summed E-state index contributed by atoms with van der Waals surface area (Å²) in [6.45, 7) is 4.50. The van der Waals surface area contributed by atoms with Crippen LogP contribution in [0, 0.1) is 0 Å². The highest BCUT2D eigenvalue weighted by Crippen LogP contribution is 2.30. The number of unbranched alkanes of at least 4 members (excludes halogenated alkanes) is 14. The fraction of sp³-hybridized carbons (Fsp3) is 0.667. The zero-order chi connectivity index (χ0) is 24.7. The van der Waals surface area contributed by atoms with Gasteiger partial charge in [-0.05, 0) is 59.7 Å². The molecule has 0 saturated carbocycles. The largest absolute Gasteiger partial charge is 0.294 e. The molecular weight excluding hydrogens is 440 g/mol. The molecule has 0 fully saturated rings. The highest BCUT2D eigenvalue weighted by atomic mass is 32.2. The summed E-state index contributed by atoms with van der Waals surface area (Å²) in [5, 5.41) is 2.14. The van der Waals surface area contributed by atoms with E-state index in [-0.39, 0.29) is 4.90 Å². The number of hydrogen-bond donors (Lipinski definition) is 1. The molecule has 2 rings (SSSR count). The van der Waals surface area contributed by atoms with E-state index < -0.39 is 10.1 Å². The summed E-state index contributed by atoms with van der Waals surface area (Å²) in [6.07, 6.45) is 22.3. The lowest BCUT2D eigenvalue weighted by Crippen LogP contribution is -2.02. The predicted molar refractivity (Wildman–Crippen MR) is 146 cm³/mol. The Morgan fingerprint density at radius 3 is 1.59 bits per heavy atom. The minimum absolute atomic E-state index is 0.0267. The van der Waals surface area contributed by atoms with Crippen LogP contribution in [0.15, 0.2) is 35.2 Å². The Morgan fingerprint density at radius 2 is 1.09 bits per heavy atom. The molecule has 0 heterocycles. The molecule has 0 aliphatic heterocycles. The topological polar surface area (TPSA) is 54.4 Å². The van der Waals surface area contributed by atoms with Crippen molar-refractivity contribution >= 4 is 20.9 Å². The van der Waals surface area contributed by atoms with Gasteiger partial charge in [-0.3, -0.25) is 4.55 Å². The van der Waals surface area contributed by atoms with Crippen LogP contribution >= 0.6 is 0 Å². The highest BCUT2D eigenvalue weighted by Gasteiger charge is 2.15. The summed E-state index contributed by atoms with van der Waals surface area (Å²) in [7, 11) is -4.21. The highest BCUT2D eigenvalue weighted by molar-refractivity contribution is 7.85. The van der Waals surface area contributed by atoms with Crippen molar-refractivity contribution in [3.05, 3.63) is 41.5 Å². The zero-order valence-electron chi connectivity index (χ0n) is 21.8. The number of fused-ring (bicyclic) bond motifs is 1. The second kappa shape index (κ2) is 16.3. The van der Waals surface area contributed by atoms with Crippen molar-refractivity contribution < 1.29 is 13.0 Å². The Hall–Kier alpha value is -1.39. The summed E-state index contributed by atoms with van der Waals surface area (Å²) >= 11 is 0. The lowest BCUT2D eigenvalue weighted by Gasteiger charge is -2.14. The molecule has 2 aromatic rings. The van der Waals surface area contributed by atoms with Gasteiger partial charge in [0.05, 0.1) is 4.90 Å². The van der Waals surface area contributed by atoms with Crippen LogP contribution in [0.25, 0.3) is 10.8 Å². The molecule has 2 aromatic carbocycles. The average Bonchev–Trinajstić information content (AvgIpc) is 2.81. The Bertz CT molecular complexity index is 933. The van der Waals surface area contributed by atoms with Crippen LogP contribution in [0.4, 0.5) is 0 Å². The first-order chi connectivity index (χ1) is 16.5. The van der Waals surface area contributed by atoms with Crippen LogP contribution < -0.4 is 0 Å². The minimum atomic E-state index is -4.21. The van der Waals surface area contributed by atoms with Gasteiger partial charge in [-0.2, -0.15) is 8.42 Å². The standard InChI is InChI=1S/C30H48O3S/c1-3-5-7-9-11-13-15-17-20-26-22-19-23-28-25-29(34(31,32)33)24-27(30(26)28)21-18-16-14-12-10-8-6-4-2/h19,22-25H,3-18,20-21H2,1-2H3,(H,31,32,33). The monoisotopic (exact) mass is 488 g/mol. The number of aryl methyl sites for hydroxylation is 2.